The lowest BCUT2D eigenvalue weighted by molar-refractivity contribution is 0.384. The van der Waals surface area contributed by atoms with Crippen LogP contribution in [-0.4, -0.2) is 15.4 Å². The van der Waals surface area contributed by atoms with Gasteiger partial charge in [-0.25, -0.2) is 0 Å². The predicted octanol–water partition coefficient (Wildman–Crippen LogP) is 2.83. The Kier molecular flexibility index (Phi) is 3.26. The van der Waals surface area contributed by atoms with Crippen molar-refractivity contribution in [2.75, 3.05) is 7.11 Å². The standard InChI is InChI=1S/C9H18OSi/c1-7-11(8-2,10-6)9(3,4)5/h7-8H,1-2H2,3-6H3. The van der Waals surface area contributed by atoms with Crippen LogP contribution in [0.2, 0.25) is 5.04 Å². The van der Waals surface area contributed by atoms with Gasteiger partial charge in [0.2, 0.25) is 8.32 Å². The Hall–Kier alpha value is -0.343. The summed E-state index contributed by atoms with van der Waals surface area (Å²) >= 11 is 0. The molecule has 0 bridgehead atoms. The Morgan fingerprint density at radius 2 is 1.55 bits per heavy atom. The molecule has 0 N–H and O–H groups in total. The van der Waals surface area contributed by atoms with E-state index in [9.17, 15) is 0 Å². The molecule has 0 atom stereocenters. The van der Waals surface area contributed by atoms with Crippen LogP contribution in [0.4, 0.5) is 0 Å². The molecule has 0 aliphatic heterocycles. The Labute approximate surface area is 70.9 Å². The van der Waals surface area contributed by atoms with E-state index >= 15 is 0 Å². The zero-order valence-electron chi connectivity index (χ0n) is 7.98. The first-order valence-electron chi connectivity index (χ1n) is 3.76. The molecule has 0 aliphatic carbocycles. The highest BCUT2D eigenvalue weighted by Crippen LogP contribution is 2.37. The van der Waals surface area contributed by atoms with Gasteiger partial charge in [-0.15, -0.1) is 13.2 Å². The van der Waals surface area contributed by atoms with E-state index in [0.29, 0.717) is 0 Å². The molecule has 2 heteroatoms. The van der Waals surface area contributed by atoms with Gasteiger partial charge in [0, 0.05) is 7.11 Å². The molecule has 0 spiro atoms. The highest BCUT2D eigenvalue weighted by Gasteiger charge is 2.40. The maximum Gasteiger partial charge on any atom is 0.245 e. The monoisotopic (exact) mass is 170 g/mol. The summed E-state index contributed by atoms with van der Waals surface area (Å²) in [4.78, 5) is 0. The van der Waals surface area contributed by atoms with Crippen molar-refractivity contribution >= 4 is 8.32 Å². The molecule has 1 nitrogen and oxygen atoms in total. The van der Waals surface area contributed by atoms with Crippen LogP contribution < -0.4 is 0 Å². The van der Waals surface area contributed by atoms with E-state index in [2.05, 4.69) is 33.9 Å². The van der Waals surface area contributed by atoms with Gasteiger partial charge in [0.15, 0.2) is 0 Å². The molecule has 11 heavy (non-hydrogen) atoms. The summed E-state index contributed by atoms with van der Waals surface area (Å²) < 4.78 is 5.50. The van der Waals surface area contributed by atoms with Crippen LogP contribution in [0.1, 0.15) is 20.8 Å². The van der Waals surface area contributed by atoms with E-state index in [1.807, 2.05) is 11.4 Å². The SMILES string of the molecule is C=C[Si](C=C)(OC)C(C)(C)C. The van der Waals surface area contributed by atoms with Gasteiger partial charge in [-0.1, -0.05) is 32.2 Å². The Balaban J connectivity index is 4.83. The second kappa shape index (κ2) is 3.37. The Morgan fingerprint density at radius 1 is 1.18 bits per heavy atom. The third-order valence-corrected chi connectivity index (χ3v) is 6.35. The number of rotatable bonds is 3. The summed E-state index contributed by atoms with van der Waals surface area (Å²) in [5.41, 5.74) is 3.86. The zero-order chi connectivity index (χ0) is 9.12. The molecule has 0 aliphatic rings. The molecule has 0 heterocycles. The lowest BCUT2D eigenvalue weighted by Gasteiger charge is -2.35. The van der Waals surface area contributed by atoms with E-state index in [4.69, 9.17) is 4.43 Å². The van der Waals surface area contributed by atoms with Crippen molar-refractivity contribution in [3.63, 3.8) is 0 Å². The first kappa shape index (κ1) is 10.7. The van der Waals surface area contributed by atoms with Crippen molar-refractivity contribution < 1.29 is 4.43 Å². The molecule has 0 amide bonds. The Morgan fingerprint density at radius 3 is 1.55 bits per heavy atom. The molecular weight excluding hydrogens is 152 g/mol. The van der Waals surface area contributed by atoms with E-state index in [0.717, 1.165) is 0 Å². The second-order valence-electron chi connectivity index (χ2n) is 3.66. The van der Waals surface area contributed by atoms with Crippen LogP contribution in [0.25, 0.3) is 0 Å². The second-order valence-corrected chi connectivity index (χ2v) is 7.97. The molecule has 0 radical (unpaired) electrons. The normalized spacial score (nSPS) is 12.7. The van der Waals surface area contributed by atoms with Gasteiger partial charge in [0.05, 0.1) is 0 Å². The molecule has 0 aromatic rings. The minimum absolute atomic E-state index is 0.144. The molecule has 0 saturated carbocycles. The summed E-state index contributed by atoms with van der Waals surface area (Å²) in [6, 6.07) is 0. The summed E-state index contributed by atoms with van der Waals surface area (Å²) in [6.45, 7) is 14.1. The molecular formula is C9H18OSi. The van der Waals surface area contributed by atoms with Gasteiger partial charge in [0.25, 0.3) is 0 Å². The fourth-order valence-corrected chi connectivity index (χ4v) is 3.51. The fourth-order valence-electron chi connectivity index (χ4n) is 1.17. The zero-order valence-corrected chi connectivity index (χ0v) is 8.98. The number of hydrogen-bond donors (Lipinski definition) is 0. The molecule has 0 fully saturated rings. The summed E-state index contributed by atoms with van der Waals surface area (Å²) in [5.74, 6) is 0. The average Bonchev–Trinajstić information content (AvgIpc) is 1.90. The maximum atomic E-state index is 5.50. The lowest BCUT2D eigenvalue weighted by Crippen LogP contribution is -2.42. The van der Waals surface area contributed by atoms with E-state index in [1.165, 1.54) is 0 Å². The van der Waals surface area contributed by atoms with Crippen molar-refractivity contribution in [2.45, 2.75) is 25.8 Å². The molecule has 0 aromatic carbocycles. The van der Waals surface area contributed by atoms with Gasteiger partial charge >= 0.3 is 0 Å². The molecule has 0 aromatic heterocycles. The largest absolute Gasteiger partial charge is 0.412 e. The van der Waals surface area contributed by atoms with Crippen molar-refractivity contribution in [1.82, 2.24) is 0 Å². The third kappa shape index (κ3) is 1.82. The maximum absolute atomic E-state index is 5.50. The molecule has 0 rings (SSSR count). The molecule has 64 valence electrons. The molecule has 0 saturated heterocycles. The van der Waals surface area contributed by atoms with Crippen LogP contribution in [0.15, 0.2) is 24.6 Å². The topological polar surface area (TPSA) is 9.23 Å². The van der Waals surface area contributed by atoms with Gasteiger partial charge in [-0.05, 0) is 5.04 Å². The summed E-state index contributed by atoms with van der Waals surface area (Å²) in [6.07, 6.45) is 0. The molecule has 0 unspecified atom stereocenters. The van der Waals surface area contributed by atoms with E-state index < -0.39 is 8.32 Å². The van der Waals surface area contributed by atoms with Crippen LogP contribution in [0.3, 0.4) is 0 Å². The van der Waals surface area contributed by atoms with Crippen LogP contribution >= 0.6 is 0 Å². The predicted molar refractivity (Wildman–Crippen MR) is 52.9 cm³/mol. The first-order valence-corrected chi connectivity index (χ1v) is 5.82. The van der Waals surface area contributed by atoms with E-state index in [-0.39, 0.29) is 5.04 Å². The van der Waals surface area contributed by atoms with Gasteiger partial charge in [-0.3, -0.25) is 0 Å². The van der Waals surface area contributed by atoms with Crippen molar-refractivity contribution in [1.29, 1.82) is 0 Å². The highest BCUT2D eigenvalue weighted by atomic mass is 28.4. The van der Waals surface area contributed by atoms with E-state index in [1.54, 1.807) is 7.11 Å². The quantitative estimate of drug-likeness (QED) is 0.592. The average molecular weight is 170 g/mol. The first-order chi connectivity index (χ1) is 4.93. The van der Waals surface area contributed by atoms with Crippen LogP contribution in [0.5, 0.6) is 0 Å². The van der Waals surface area contributed by atoms with Crippen LogP contribution in [-0.2, 0) is 4.43 Å². The third-order valence-electron chi connectivity index (χ3n) is 2.12. The highest BCUT2D eigenvalue weighted by molar-refractivity contribution is 6.85. The Bertz CT molecular complexity index is 147. The number of hydrogen-bond acceptors (Lipinski definition) is 1. The van der Waals surface area contributed by atoms with Gasteiger partial charge in [-0.2, -0.15) is 0 Å². The smallest absolute Gasteiger partial charge is 0.245 e. The van der Waals surface area contributed by atoms with Gasteiger partial charge < -0.3 is 4.43 Å². The van der Waals surface area contributed by atoms with Crippen molar-refractivity contribution in [2.24, 2.45) is 0 Å². The fraction of sp³-hybridized carbons (Fsp3) is 0.556. The lowest BCUT2D eigenvalue weighted by atomic mass is 10.2. The van der Waals surface area contributed by atoms with Crippen molar-refractivity contribution in [3.8, 4) is 0 Å². The minimum Gasteiger partial charge on any atom is -0.412 e. The van der Waals surface area contributed by atoms with Crippen LogP contribution in [0, 0.1) is 0 Å². The summed E-state index contributed by atoms with van der Waals surface area (Å²) in [7, 11) is -0.154. The van der Waals surface area contributed by atoms with Gasteiger partial charge in [0.1, 0.15) is 0 Å². The summed E-state index contributed by atoms with van der Waals surface area (Å²) in [5, 5.41) is 0.144. The minimum atomic E-state index is -1.89. The van der Waals surface area contributed by atoms with Crippen molar-refractivity contribution in [3.05, 3.63) is 24.6 Å².